The molecule has 0 spiro atoms. The minimum Gasteiger partial charge on any atom is -0.384 e. The summed E-state index contributed by atoms with van der Waals surface area (Å²) in [7, 11) is 0. The molecule has 1 aromatic rings. The third-order valence-electron chi connectivity index (χ3n) is 2.58. The summed E-state index contributed by atoms with van der Waals surface area (Å²) in [5, 5.41) is 8.71. The topological polar surface area (TPSA) is 53.4 Å². The highest BCUT2D eigenvalue weighted by Gasteiger charge is 2.19. The van der Waals surface area contributed by atoms with Gasteiger partial charge in [0, 0.05) is 25.0 Å². The van der Waals surface area contributed by atoms with E-state index in [2.05, 4.69) is 16.8 Å². The van der Waals surface area contributed by atoms with Gasteiger partial charge in [0.25, 0.3) is 5.91 Å². The molecule has 0 aliphatic carbocycles. The zero-order valence-electron chi connectivity index (χ0n) is 11.0. The van der Waals surface area contributed by atoms with E-state index in [9.17, 15) is 4.79 Å². The van der Waals surface area contributed by atoms with Crippen molar-refractivity contribution in [3.63, 3.8) is 0 Å². The van der Waals surface area contributed by atoms with Gasteiger partial charge in [-0.3, -0.25) is 9.78 Å². The molecule has 1 N–H and O–H groups in total. The van der Waals surface area contributed by atoms with Crippen LogP contribution in [0.2, 0.25) is 0 Å². The van der Waals surface area contributed by atoms with Crippen molar-refractivity contribution in [3.8, 4) is 11.8 Å². The monoisotopic (exact) mass is 246 g/mol. The molecule has 1 rings (SSSR count). The highest BCUT2D eigenvalue weighted by atomic mass is 16.2. The van der Waals surface area contributed by atoms with Gasteiger partial charge in [-0.25, -0.2) is 0 Å². The first-order valence-corrected chi connectivity index (χ1v) is 5.96. The number of aromatic nitrogens is 1. The number of carbonyl (C=O) groups is 1. The SMILES string of the molecule is CCN(C(=O)c1ccncc1C#CCO)C(C)C. The lowest BCUT2D eigenvalue weighted by Crippen LogP contribution is -2.37. The molecule has 1 heterocycles. The van der Waals surface area contributed by atoms with Gasteiger partial charge in [0.1, 0.15) is 6.61 Å². The van der Waals surface area contributed by atoms with E-state index in [1.165, 1.54) is 0 Å². The Bertz CT molecular complexity index is 472. The van der Waals surface area contributed by atoms with E-state index in [1.807, 2.05) is 20.8 Å². The average molecular weight is 246 g/mol. The minimum absolute atomic E-state index is 0.0582. The number of rotatable bonds is 3. The fraction of sp³-hybridized carbons (Fsp3) is 0.429. The predicted octanol–water partition coefficient (Wildman–Crippen LogP) is 1.30. The van der Waals surface area contributed by atoms with Crippen molar-refractivity contribution in [3.05, 3.63) is 29.6 Å². The van der Waals surface area contributed by atoms with E-state index in [4.69, 9.17) is 5.11 Å². The normalized spacial score (nSPS) is 9.83. The molecule has 18 heavy (non-hydrogen) atoms. The first kappa shape index (κ1) is 14.2. The lowest BCUT2D eigenvalue weighted by atomic mass is 10.1. The molecule has 0 fully saturated rings. The van der Waals surface area contributed by atoms with Crippen LogP contribution in [-0.2, 0) is 0 Å². The molecule has 96 valence electrons. The van der Waals surface area contributed by atoms with Crippen molar-refractivity contribution in [2.24, 2.45) is 0 Å². The number of aliphatic hydroxyl groups is 1. The third-order valence-corrected chi connectivity index (χ3v) is 2.58. The second-order valence-electron chi connectivity index (χ2n) is 4.07. The Kier molecular flexibility index (Phi) is 5.34. The van der Waals surface area contributed by atoms with Crippen molar-refractivity contribution in [2.75, 3.05) is 13.2 Å². The summed E-state index contributed by atoms with van der Waals surface area (Å²) in [6.07, 6.45) is 3.12. The van der Waals surface area contributed by atoms with Crippen LogP contribution in [0.4, 0.5) is 0 Å². The summed E-state index contributed by atoms with van der Waals surface area (Å²) >= 11 is 0. The van der Waals surface area contributed by atoms with Crippen LogP contribution in [0.1, 0.15) is 36.7 Å². The molecular formula is C14H18N2O2. The minimum atomic E-state index is -0.232. The smallest absolute Gasteiger partial charge is 0.255 e. The second kappa shape index (κ2) is 6.77. The summed E-state index contributed by atoms with van der Waals surface area (Å²) in [6, 6.07) is 1.80. The molecule has 0 saturated carbocycles. The van der Waals surface area contributed by atoms with E-state index in [-0.39, 0.29) is 18.6 Å². The molecular weight excluding hydrogens is 228 g/mol. The molecule has 0 saturated heterocycles. The Balaban J connectivity index is 3.12. The quantitative estimate of drug-likeness (QED) is 0.818. The third kappa shape index (κ3) is 3.31. The van der Waals surface area contributed by atoms with Crippen LogP contribution in [0.15, 0.2) is 18.5 Å². The Morgan fingerprint density at radius 1 is 1.56 bits per heavy atom. The average Bonchev–Trinajstić information content (AvgIpc) is 2.37. The fourth-order valence-electron chi connectivity index (χ4n) is 1.71. The van der Waals surface area contributed by atoms with Crippen LogP contribution in [0, 0.1) is 11.8 Å². The maximum absolute atomic E-state index is 12.4. The second-order valence-corrected chi connectivity index (χ2v) is 4.07. The van der Waals surface area contributed by atoms with E-state index in [0.717, 1.165) is 0 Å². The van der Waals surface area contributed by atoms with E-state index in [1.54, 1.807) is 23.4 Å². The van der Waals surface area contributed by atoms with E-state index >= 15 is 0 Å². The van der Waals surface area contributed by atoms with Crippen molar-refractivity contribution >= 4 is 5.91 Å². The van der Waals surface area contributed by atoms with Crippen LogP contribution in [0.3, 0.4) is 0 Å². The number of hydrogen-bond donors (Lipinski definition) is 1. The summed E-state index contributed by atoms with van der Waals surface area (Å²) in [5.41, 5.74) is 1.08. The lowest BCUT2D eigenvalue weighted by Gasteiger charge is -2.25. The van der Waals surface area contributed by atoms with Gasteiger partial charge in [0.2, 0.25) is 0 Å². The molecule has 1 aromatic heterocycles. The number of aliphatic hydroxyl groups excluding tert-OH is 1. The molecule has 0 aromatic carbocycles. The van der Waals surface area contributed by atoms with E-state index < -0.39 is 0 Å². The summed E-state index contributed by atoms with van der Waals surface area (Å²) in [6.45, 7) is 6.30. The van der Waals surface area contributed by atoms with Crippen LogP contribution in [0.5, 0.6) is 0 Å². The Morgan fingerprint density at radius 2 is 2.28 bits per heavy atom. The number of carbonyl (C=O) groups excluding carboxylic acids is 1. The van der Waals surface area contributed by atoms with Gasteiger partial charge in [0.05, 0.1) is 11.1 Å². The molecule has 0 radical (unpaired) electrons. The molecule has 0 aliphatic rings. The van der Waals surface area contributed by atoms with Gasteiger partial charge in [-0.2, -0.15) is 0 Å². The fourth-order valence-corrected chi connectivity index (χ4v) is 1.71. The summed E-state index contributed by atoms with van der Waals surface area (Å²) in [4.78, 5) is 18.1. The number of amides is 1. The lowest BCUT2D eigenvalue weighted by molar-refractivity contribution is 0.0716. The van der Waals surface area contributed by atoms with Crippen LogP contribution in [0.25, 0.3) is 0 Å². The summed E-state index contributed by atoms with van der Waals surface area (Å²) in [5.74, 6) is 5.23. The maximum Gasteiger partial charge on any atom is 0.255 e. The zero-order chi connectivity index (χ0) is 13.5. The van der Waals surface area contributed by atoms with Crippen molar-refractivity contribution < 1.29 is 9.90 Å². The molecule has 1 amide bonds. The predicted molar refractivity (Wildman–Crippen MR) is 70.0 cm³/mol. The van der Waals surface area contributed by atoms with Gasteiger partial charge in [-0.1, -0.05) is 11.8 Å². The molecule has 4 heteroatoms. The van der Waals surface area contributed by atoms with Crippen molar-refractivity contribution in [2.45, 2.75) is 26.8 Å². The number of hydrogen-bond acceptors (Lipinski definition) is 3. The van der Waals surface area contributed by atoms with Gasteiger partial charge < -0.3 is 10.0 Å². The largest absolute Gasteiger partial charge is 0.384 e. The van der Waals surface area contributed by atoms with Crippen molar-refractivity contribution in [1.29, 1.82) is 0 Å². The first-order valence-electron chi connectivity index (χ1n) is 5.96. The Labute approximate surface area is 108 Å². The standard InChI is InChI=1S/C14H18N2O2/c1-4-16(11(2)3)14(18)13-7-8-15-10-12(13)6-5-9-17/h7-8,10-11,17H,4,9H2,1-3H3. The highest BCUT2D eigenvalue weighted by Crippen LogP contribution is 2.11. The molecule has 0 atom stereocenters. The van der Waals surface area contributed by atoms with Gasteiger partial charge >= 0.3 is 0 Å². The molecule has 4 nitrogen and oxygen atoms in total. The van der Waals surface area contributed by atoms with E-state index in [0.29, 0.717) is 17.7 Å². The van der Waals surface area contributed by atoms with Crippen molar-refractivity contribution in [1.82, 2.24) is 9.88 Å². The van der Waals surface area contributed by atoms with Crippen LogP contribution in [-0.4, -0.2) is 40.1 Å². The molecule has 0 aliphatic heterocycles. The van der Waals surface area contributed by atoms with Crippen LogP contribution >= 0.6 is 0 Å². The first-order chi connectivity index (χ1) is 8.61. The van der Waals surface area contributed by atoms with Gasteiger partial charge in [0.15, 0.2) is 0 Å². The van der Waals surface area contributed by atoms with Crippen LogP contribution < -0.4 is 0 Å². The number of pyridine rings is 1. The highest BCUT2D eigenvalue weighted by molar-refractivity contribution is 5.96. The Morgan fingerprint density at radius 3 is 2.83 bits per heavy atom. The van der Waals surface area contributed by atoms with Gasteiger partial charge in [-0.05, 0) is 26.8 Å². The zero-order valence-corrected chi connectivity index (χ0v) is 11.0. The molecule has 0 bridgehead atoms. The maximum atomic E-state index is 12.4. The Hall–Kier alpha value is -1.86. The summed E-state index contributed by atoms with van der Waals surface area (Å²) < 4.78 is 0. The molecule has 0 unspecified atom stereocenters. The number of nitrogens with zero attached hydrogens (tertiary/aromatic N) is 2. The van der Waals surface area contributed by atoms with Gasteiger partial charge in [-0.15, -0.1) is 0 Å².